The summed E-state index contributed by atoms with van der Waals surface area (Å²) < 4.78 is 27.4. The number of likely N-dealkylation sites (tertiary alicyclic amines) is 1. The van der Waals surface area contributed by atoms with Crippen LogP contribution in [0.1, 0.15) is 19.3 Å². The van der Waals surface area contributed by atoms with E-state index in [0.29, 0.717) is 17.6 Å². The molecule has 3 N–H and O–H groups in total. The molecule has 1 saturated heterocycles. The molecule has 1 aliphatic heterocycles. The Kier molecular flexibility index (Phi) is 7.96. The fraction of sp³-hybridized carbons (Fsp3) is 0.500. The molecule has 9 heteroatoms. The van der Waals surface area contributed by atoms with E-state index in [9.17, 15) is 13.2 Å². The lowest BCUT2D eigenvalue weighted by Crippen LogP contribution is -2.46. The first-order valence-electron chi connectivity index (χ1n) is 7.17. The van der Waals surface area contributed by atoms with E-state index in [1.54, 1.807) is 17.0 Å². The Morgan fingerprint density at radius 2 is 2.17 bits per heavy atom. The zero-order valence-corrected chi connectivity index (χ0v) is 15.8. The molecule has 2 rings (SSSR count). The lowest BCUT2D eigenvalue weighted by molar-refractivity contribution is -0.132. The average molecular weight is 427 g/mol. The van der Waals surface area contributed by atoms with Crippen LogP contribution in [0.2, 0.25) is 0 Å². The summed E-state index contributed by atoms with van der Waals surface area (Å²) in [5.74, 6) is -0.0629. The maximum absolute atomic E-state index is 12.1. The normalized spacial score (nSPS) is 18.3. The number of carbonyl (C=O) groups is 1. The molecule has 1 aromatic rings. The standard InChI is InChI=1S/C14H20BrN3O3S.ClH/c15-11-3-1-5-13(9-11)22(20,21)17-7-6-14(19)18-8-2-4-12(16)10-18;/h1,3,5,9,12,17H,2,4,6-8,10,16H2;1H. The molecule has 0 radical (unpaired) electrons. The number of piperidine rings is 1. The maximum Gasteiger partial charge on any atom is 0.240 e. The highest BCUT2D eigenvalue weighted by Crippen LogP contribution is 2.16. The van der Waals surface area contributed by atoms with Crippen LogP contribution in [0.15, 0.2) is 33.6 Å². The Bertz CT molecular complexity index is 642. The number of benzene rings is 1. The fourth-order valence-corrected chi connectivity index (χ4v) is 4.03. The maximum atomic E-state index is 12.1. The zero-order chi connectivity index (χ0) is 16.2. The summed E-state index contributed by atoms with van der Waals surface area (Å²) in [7, 11) is -3.60. The highest BCUT2D eigenvalue weighted by Gasteiger charge is 2.21. The summed E-state index contributed by atoms with van der Waals surface area (Å²) in [6, 6.07) is 6.46. The van der Waals surface area contributed by atoms with Crippen LogP contribution in [-0.2, 0) is 14.8 Å². The van der Waals surface area contributed by atoms with Gasteiger partial charge in [0.15, 0.2) is 0 Å². The number of nitrogens with zero attached hydrogens (tertiary/aromatic N) is 1. The molecule has 130 valence electrons. The van der Waals surface area contributed by atoms with Crippen molar-refractivity contribution in [1.29, 1.82) is 0 Å². The van der Waals surface area contributed by atoms with Gasteiger partial charge in [0.2, 0.25) is 15.9 Å². The Hall–Kier alpha value is -0.670. The molecule has 0 aliphatic carbocycles. The zero-order valence-electron chi connectivity index (χ0n) is 12.6. The first-order valence-corrected chi connectivity index (χ1v) is 9.45. The first kappa shape index (κ1) is 20.4. The number of rotatable bonds is 5. The molecule has 1 unspecified atom stereocenters. The summed E-state index contributed by atoms with van der Waals surface area (Å²) >= 11 is 3.24. The summed E-state index contributed by atoms with van der Waals surface area (Å²) in [5.41, 5.74) is 5.84. The van der Waals surface area contributed by atoms with Crippen LogP contribution in [-0.4, -0.2) is 44.9 Å². The summed E-state index contributed by atoms with van der Waals surface area (Å²) in [5, 5.41) is 0. The predicted molar refractivity (Wildman–Crippen MR) is 95.0 cm³/mol. The van der Waals surface area contributed by atoms with Crippen LogP contribution in [0.4, 0.5) is 0 Å². The lowest BCUT2D eigenvalue weighted by Gasteiger charge is -2.30. The second-order valence-corrected chi connectivity index (χ2v) is 8.03. The minimum Gasteiger partial charge on any atom is -0.341 e. The Morgan fingerprint density at radius 3 is 2.83 bits per heavy atom. The van der Waals surface area contributed by atoms with Gasteiger partial charge in [0.05, 0.1) is 4.90 Å². The summed E-state index contributed by atoms with van der Waals surface area (Å²) in [6.45, 7) is 1.33. The second kappa shape index (κ2) is 8.98. The molecule has 23 heavy (non-hydrogen) atoms. The van der Waals surface area contributed by atoms with Crippen LogP contribution in [0.5, 0.6) is 0 Å². The number of sulfonamides is 1. The molecule has 1 heterocycles. The van der Waals surface area contributed by atoms with Gasteiger partial charge in [-0.15, -0.1) is 12.4 Å². The molecule has 0 saturated carbocycles. The van der Waals surface area contributed by atoms with E-state index < -0.39 is 10.0 Å². The van der Waals surface area contributed by atoms with Gasteiger partial charge in [-0.2, -0.15) is 0 Å². The minimum absolute atomic E-state index is 0. The topological polar surface area (TPSA) is 92.5 Å². The molecular formula is C14H21BrClN3O3S. The van der Waals surface area contributed by atoms with Crippen LogP contribution >= 0.6 is 28.3 Å². The number of hydrogen-bond acceptors (Lipinski definition) is 4. The molecular weight excluding hydrogens is 406 g/mol. The van der Waals surface area contributed by atoms with Crippen molar-refractivity contribution < 1.29 is 13.2 Å². The minimum atomic E-state index is -3.60. The third-order valence-corrected chi connectivity index (χ3v) is 5.50. The fourth-order valence-electron chi connectivity index (χ4n) is 2.40. The number of amides is 1. The van der Waals surface area contributed by atoms with Crippen molar-refractivity contribution in [3.8, 4) is 0 Å². The Morgan fingerprint density at radius 1 is 1.43 bits per heavy atom. The Balaban J connectivity index is 0.00000264. The van der Waals surface area contributed by atoms with Crippen LogP contribution in [0.3, 0.4) is 0 Å². The van der Waals surface area contributed by atoms with E-state index >= 15 is 0 Å². The monoisotopic (exact) mass is 425 g/mol. The lowest BCUT2D eigenvalue weighted by atomic mass is 10.1. The number of nitrogens with one attached hydrogen (secondary N) is 1. The molecule has 0 aromatic heterocycles. The van der Waals surface area contributed by atoms with Crippen LogP contribution in [0.25, 0.3) is 0 Å². The number of nitrogens with two attached hydrogens (primary N) is 1. The van der Waals surface area contributed by atoms with E-state index in [1.165, 1.54) is 12.1 Å². The highest BCUT2D eigenvalue weighted by atomic mass is 79.9. The molecule has 0 spiro atoms. The summed E-state index contributed by atoms with van der Waals surface area (Å²) in [4.78, 5) is 13.9. The molecule has 1 fully saturated rings. The van der Waals surface area contributed by atoms with Crippen molar-refractivity contribution in [3.05, 3.63) is 28.7 Å². The molecule has 1 aromatic carbocycles. The SMILES string of the molecule is Cl.NC1CCCN(C(=O)CCNS(=O)(=O)c2cccc(Br)c2)C1. The predicted octanol–water partition coefficient (Wildman–Crippen LogP) is 1.49. The van der Waals surface area contributed by atoms with Crippen molar-refractivity contribution >= 4 is 44.3 Å². The van der Waals surface area contributed by atoms with Crippen molar-refractivity contribution in [1.82, 2.24) is 9.62 Å². The van der Waals surface area contributed by atoms with Gasteiger partial charge >= 0.3 is 0 Å². The van der Waals surface area contributed by atoms with Gasteiger partial charge in [-0.25, -0.2) is 13.1 Å². The van der Waals surface area contributed by atoms with E-state index in [-0.39, 0.29) is 42.2 Å². The van der Waals surface area contributed by atoms with Gasteiger partial charge in [-0.1, -0.05) is 22.0 Å². The van der Waals surface area contributed by atoms with E-state index in [0.717, 1.165) is 12.8 Å². The smallest absolute Gasteiger partial charge is 0.240 e. The van der Waals surface area contributed by atoms with Gasteiger partial charge < -0.3 is 10.6 Å². The molecule has 0 bridgehead atoms. The molecule has 1 amide bonds. The number of carbonyl (C=O) groups excluding carboxylic acids is 1. The van der Waals surface area contributed by atoms with Crippen molar-refractivity contribution in [2.75, 3.05) is 19.6 Å². The summed E-state index contributed by atoms with van der Waals surface area (Å²) in [6.07, 6.45) is 1.97. The van der Waals surface area contributed by atoms with E-state index in [4.69, 9.17) is 5.73 Å². The van der Waals surface area contributed by atoms with Gasteiger partial charge in [0.1, 0.15) is 0 Å². The number of halogens is 2. The van der Waals surface area contributed by atoms with E-state index in [1.807, 2.05) is 0 Å². The first-order chi connectivity index (χ1) is 10.4. The molecule has 1 aliphatic rings. The largest absolute Gasteiger partial charge is 0.341 e. The quantitative estimate of drug-likeness (QED) is 0.746. The van der Waals surface area contributed by atoms with Crippen LogP contribution in [0, 0.1) is 0 Å². The average Bonchev–Trinajstić information content (AvgIpc) is 2.47. The highest BCUT2D eigenvalue weighted by molar-refractivity contribution is 9.10. The van der Waals surface area contributed by atoms with Crippen molar-refractivity contribution in [3.63, 3.8) is 0 Å². The molecule has 1 atom stereocenters. The van der Waals surface area contributed by atoms with E-state index in [2.05, 4.69) is 20.7 Å². The Labute approximate surface area is 151 Å². The second-order valence-electron chi connectivity index (χ2n) is 5.35. The van der Waals surface area contributed by atoms with Crippen molar-refractivity contribution in [2.45, 2.75) is 30.2 Å². The third-order valence-electron chi connectivity index (χ3n) is 3.55. The van der Waals surface area contributed by atoms with Gasteiger partial charge in [0.25, 0.3) is 0 Å². The van der Waals surface area contributed by atoms with Gasteiger partial charge in [-0.05, 0) is 31.0 Å². The third kappa shape index (κ3) is 6.04. The number of hydrogen-bond donors (Lipinski definition) is 2. The van der Waals surface area contributed by atoms with Crippen molar-refractivity contribution in [2.24, 2.45) is 5.73 Å². The molecule has 6 nitrogen and oxygen atoms in total. The van der Waals surface area contributed by atoms with Gasteiger partial charge in [0, 0.05) is 36.6 Å². The van der Waals surface area contributed by atoms with Crippen LogP contribution < -0.4 is 10.5 Å². The van der Waals surface area contributed by atoms with Gasteiger partial charge in [-0.3, -0.25) is 4.79 Å².